The van der Waals surface area contributed by atoms with Crippen molar-refractivity contribution >= 4 is 11.6 Å². The maximum absolute atomic E-state index is 11.5. The quantitative estimate of drug-likeness (QED) is 0.512. The molecule has 2 heteroatoms. The van der Waals surface area contributed by atoms with Gasteiger partial charge in [-0.15, -0.1) is 0 Å². The first-order valence-electron chi connectivity index (χ1n) is 4.75. The van der Waals surface area contributed by atoms with E-state index in [1.165, 1.54) is 0 Å². The lowest BCUT2D eigenvalue weighted by Crippen LogP contribution is -2.41. The lowest BCUT2D eigenvalue weighted by molar-refractivity contribution is -0.142. The van der Waals surface area contributed by atoms with Crippen LogP contribution in [0.5, 0.6) is 0 Å². The molecule has 2 rings (SSSR count). The zero-order valence-electron chi connectivity index (χ0n) is 7.38. The van der Waals surface area contributed by atoms with E-state index in [1.807, 2.05) is 0 Å². The standard InChI is InChI=1S/C10H14O2/c1-6-4-7-2-3-9(11)8(5-6)10(7)12/h6-8H,2-5H2,1H3/t6-,7-,8-/m0/s1. The molecule has 66 valence electrons. The second kappa shape index (κ2) is 2.68. The second-order valence-electron chi connectivity index (χ2n) is 4.23. The van der Waals surface area contributed by atoms with Gasteiger partial charge in [-0.1, -0.05) is 6.92 Å². The Bertz CT molecular complexity index is 232. The molecular weight excluding hydrogens is 152 g/mol. The first-order chi connectivity index (χ1) is 5.68. The van der Waals surface area contributed by atoms with E-state index in [0.717, 1.165) is 19.3 Å². The van der Waals surface area contributed by atoms with Crippen molar-refractivity contribution in [1.29, 1.82) is 0 Å². The molecule has 2 bridgehead atoms. The molecule has 0 aliphatic heterocycles. The molecule has 0 spiro atoms. The topological polar surface area (TPSA) is 34.1 Å². The number of Topliss-reactive ketones (excluding diaryl/α,β-unsaturated/α-hetero) is 2. The maximum Gasteiger partial charge on any atom is 0.146 e. The van der Waals surface area contributed by atoms with Gasteiger partial charge in [-0.2, -0.15) is 0 Å². The van der Waals surface area contributed by atoms with Gasteiger partial charge in [0.2, 0.25) is 0 Å². The fourth-order valence-corrected chi connectivity index (χ4v) is 2.54. The Morgan fingerprint density at radius 3 is 2.75 bits per heavy atom. The Balaban J connectivity index is 2.22. The monoisotopic (exact) mass is 166 g/mol. The minimum Gasteiger partial charge on any atom is -0.299 e. The number of rotatable bonds is 0. The van der Waals surface area contributed by atoms with E-state index in [1.54, 1.807) is 0 Å². The molecular formula is C10H14O2. The molecule has 0 aromatic carbocycles. The summed E-state index contributed by atoms with van der Waals surface area (Å²) < 4.78 is 0. The van der Waals surface area contributed by atoms with Crippen LogP contribution >= 0.6 is 0 Å². The number of ketones is 2. The van der Waals surface area contributed by atoms with Crippen molar-refractivity contribution in [3.63, 3.8) is 0 Å². The fraction of sp³-hybridized carbons (Fsp3) is 0.800. The van der Waals surface area contributed by atoms with Gasteiger partial charge >= 0.3 is 0 Å². The van der Waals surface area contributed by atoms with Crippen LogP contribution in [-0.4, -0.2) is 11.6 Å². The van der Waals surface area contributed by atoms with E-state index < -0.39 is 0 Å². The number of fused-ring (bicyclic) bond motifs is 2. The lowest BCUT2D eigenvalue weighted by atomic mass is 9.67. The van der Waals surface area contributed by atoms with E-state index in [2.05, 4.69) is 6.92 Å². The molecule has 0 heterocycles. The van der Waals surface area contributed by atoms with E-state index >= 15 is 0 Å². The molecule has 0 aromatic rings. The molecule has 0 aromatic heterocycles. The third kappa shape index (κ3) is 1.10. The molecule has 2 saturated carbocycles. The second-order valence-corrected chi connectivity index (χ2v) is 4.23. The summed E-state index contributed by atoms with van der Waals surface area (Å²) in [6.45, 7) is 2.14. The molecule has 2 nitrogen and oxygen atoms in total. The summed E-state index contributed by atoms with van der Waals surface area (Å²) in [4.78, 5) is 22.9. The maximum atomic E-state index is 11.5. The zero-order valence-corrected chi connectivity index (χ0v) is 7.38. The third-order valence-corrected chi connectivity index (χ3v) is 3.20. The summed E-state index contributed by atoms with van der Waals surface area (Å²) in [5, 5.41) is 0. The Morgan fingerprint density at radius 1 is 1.25 bits per heavy atom. The summed E-state index contributed by atoms with van der Waals surface area (Å²) >= 11 is 0. The highest BCUT2D eigenvalue weighted by Crippen LogP contribution is 2.37. The van der Waals surface area contributed by atoms with E-state index in [9.17, 15) is 9.59 Å². The van der Waals surface area contributed by atoms with Gasteiger partial charge in [-0.25, -0.2) is 0 Å². The van der Waals surface area contributed by atoms with Crippen molar-refractivity contribution in [3.05, 3.63) is 0 Å². The van der Waals surface area contributed by atoms with Gasteiger partial charge in [0.1, 0.15) is 11.6 Å². The minimum atomic E-state index is -0.215. The largest absolute Gasteiger partial charge is 0.299 e. The predicted octanol–water partition coefficient (Wildman–Crippen LogP) is 1.58. The Hall–Kier alpha value is -0.660. The van der Waals surface area contributed by atoms with Crippen molar-refractivity contribution in [3.8, 4) is 0 Å². The van der Waals surface area contributed by atoms with Crippen LogP contribution in [0.1, 0.15) is 32.6 Å². The van der Waals surface area contributed by atoms with Crippen LogP contribution in [0.15, 0.2) is 0 Å². The first kappa shape index (κ1) is 7.96. The average molecular weight is 166 g/mol. The van der Waals surface area contributed by atoms with Gasteiger partial charge in [0, 0.05) is 12.3 Å². The molecule has 0 radical (unpaired) electrons. The highest BCUT2D eigenvalue weighted by Gasteiger charge is 2.41. The third-order valence-electron chi connectivity index (χ3n) is 3.20. The highest BCUT2D eigenvalue weighted by molar-refractivity contribution is 6.05. The Kier molecular flexibility index (Phi) is 1.78. The summed E-state index contributed by atoms with van der Waals surface area (Å²) in [5.74, 6) is 1.01. The Labute approximate surface area is 72.3 Å². The number of carbonyl (C=O) groups excluding carboxylic acids is 2. The first-order valence-corrected chi connectivity index (χ1v) is 4.75. The van der Waals surface area contributed by atoms with Gasteiger partial charge in [0.05, 0.1) is 5.92 Å². The van der Waals surface area contributed by atoms with Crippen LogP contribution in [0.25, 0.3) is 0 Å². The van der Waals surface area contributed by atoms with Gasteiger partial charge in [0.15, 0.2) is 0 Å². The molecule has 2 fully saturated rings. The molecule has 12 heavy (non-hydrogen) atoms. The summed E-state index contributed by atoms with van der Waals surface area (Å²) in [5.41, 5.74) is 0. The molecule has 0 amide bonds. The molecule has 0 N–H and O–H groups in total. The summed E-state index contributed by atoms with van der Waals surface area (Å²) in [6.07, 6.45) is 3.29. The average Bonchev–Trinajstić information content (AvgIpc) is 2.01. The van der Waals surface area contributed by atoms with Crippen LogP contribution in [0.2, 0.25) is 0 Å². The number of carbonyl (C=O) groups is 2. The molecule has 2 aliphatic carbocycles. The van der Waals surface area contributed by atoms with E-state index in [-0.39, 0.29) is 23.4 Å². The van der Waals surface area contributed by atoms with Gasteiger partial charge < -0.3 is 0 Å². The normalized spacial score (nSPS) is 41.6. The number of hydrogen-bond acceptors (Lipinski definition) is 2. The van der Waals surface area contributed by atoms with Crippen LogP contribution in [-0.2, 0) is 9.59 Å². The van der Waals surface area contributed by atoms with Crippen LogP contribution < -0.4 is 0 Å². The predicted molar refractivity (Wildman–Crippen MR) is 44.6 cm³/mol. The highest BCUT2D eigenvalue weighted by atomic mass is 16.2. The fourth-order valence-electron chi connectivity index (χ4n) is 2.54. The molecule has 3 atom stereocenters. The SMILES string of the molecule is C[C@H]1C[C@@H]2CCC(=O)[C@H](C1)C2=O. The lowest BCUT2D eigenvalue weighted by Gasteiger charge is -2.35. The van der Waals surface area contributed by atoms with Crippen molar-refractivity contribution in [2.24, 2.45) is 17.8 Å². The van der Waals surface area contributed by atoms with Crippen LogP contribution in [0.4, 0.5) is 0 Å². The van der Waals surface area contributed by atoms with E-state index in [0.29, 0.717) is 12.3 Å². The van der Waals surface area contributed by atoms with Gasteiger partial charge in [0.25, 0.3) is 0 Å². The minimum absolute atomic E-state index is 0.197. The van der Waals surface area contributed by atoms with Gasteiger partial charge in [-0.05, 0) is 25.2 Å². The van der Waals surface area contributed by atoms with Crippen molar-refractivity contribution in [2.75, 3.05) is 0 Å². The van der Waals surface area contributed by atoms with Crippen LogP contribution in [0.3, 0.4) is 0 Å². The molecule has 0 unspecified atom stereocenters. The molecule has 0 saturated heterocycles. The number of hydrogen-bond donors (Lipinski definition) is 0. The Morgan fingerprint density at radius 2 is 2.00 bits per heavy atom. The summed E-state index contributed by atoms with van der Waals surface area (Å²) in [6, 6.07) is 0. The smallest absolute Gasteiger partial charge is 0.146 e. The molecule has 2 aliphatic rings. The van der Waals surface area contributed by atoms with Crippen molar-refractivity contribution in [2.45, 2.75) is 32.6 Å². The van der Waals surface area contributed by atoms with Gasteiger partial charge in [-0.3, -0.25) is 9.59 Å². The van der Waals surface area contributed by atoms with E-state index in [4.69, 9.17) is 0 Å². The zero-order chi connectivity index (χ0) is 8.72. The van der Waals surface area contributed by atoms with Crippen molar-refractivity contribution in [1.82, 2.24) is 0 Å². The van der Waals surface area contributed by atoms with Crippen molar-refractivity contribution < 1.29 is 9.59 Å². The van der Waals surface area contributed by atoms with Crippen LogP contribution in [0, 0.1) is 17.8 Å². The summed E-state index contributed by atoms with van der Waals surface area (Å²) in [7, 11) is 0.